The number of alkyl halides is 3. The lowest BCUT2D eigenvalue weighted by molar-refractivity contribution is -0.119. The van der Waals surface area contributed by atoms with E-state index in [2.05, 4.69) is 4.98 Å². The monoisotopic (exact) mass is 252 g/mol. The summed E-state index contributed by atoms with van der Waals surface area (Å²) in [5, 5.41) is 8.97. The highest BCUT2D eigenvalue weighted by molar-refractivity contribution is 5.46. The Balaban J connectivity index is 3.03. The second-order valence-corrected chi connectivity index (χ2v) is 3.42. The first kappa shape index (κ1) is 13.7. The molecule has 1 aromatic rings. The van der Waals surface area contributed by atoms with Gasteiger partial charge < -0.3 is 10.0 Å². The smallest absolute Gasteiger partial charge is 0.392 e. The van der Waals surface area contributed by atoms with E-state index < -0.39 is 25.1 Å². The van der Waals surface area contributed by atoms with Crippen LogP contribution in [0.4, 0.5) is 23.4 Å². The van der Waals surface area contributed by atoms with Gasteiger partial charge in [-0.15, -0.1) is 0 Å². The molecule has 7 heteroatoms. The molecule has 0 aliphatic heterocycles. The Hall–Kier alpha value is -1.37. The molecule has 0 radical (unpaired) electrons. The Morgan fingerprint density at radius 1 is 1.41 bits per heavy atom. The predicted octanol–water partition coefficient (Wildman–Crippen LogP) is 2.10. The second-order valence-electron chi connectivity index (χ2n) is 3.42. The molecular formula is C10H12F4N2O. The first-order valence-corrected chi connectivity index (χ1v) is 4.94. The minimum atomic E-state index is -4.38. The molecule has 0 spiro atoms. The standard InChI is InChI=1S/C10H12F4N2O/c1-2-16(6-10(12,13)14)9-7(5-17)3-8(11)4-15-9/h3-4,17H,2,5-6H2,1H3. The van der Waals surface area contributed by atoms with Gasteiger partial charge in [0.15, 0.2) is 0 Å². The molecule has 3 nitrogen and oxygen atoms in total. The van der Waals surface area contributed by atoms with Crippen LogP contribution in [0.2, 0.25) is 0 Å². The molecule has 0 aromatic carbocycles. The average Bonchev–Trinajstić information content (AvgIpc) is 2.24. The van der Waals surface area contributed by atoms with Crippen LogP contribution in [0, 0.1) is 5.82 Å². The van der Waals surface area contributed by atoms with E-state index in [0.717, 1.165) is 17.2 Å². The number of hydrogen-bond donors (Lipinski definition) is 1. The zero-order chi connectivity index (χ0) is 13.1. The molecule has 0 fully saturated rings. The van der Waals surface area contributed by atoms with E-state index in [9.17, 15) is 17.6 Å². The third kappa shape index (κ3) is 3.85. The molecule has 1 rings (SSSR count). The summed E-state index contributed by atoms with van der Waals surface area (Å²) >= 11 is 0. The molecule has 1 heterocycles. The molecule has 0 bridgehead atoms. The van der Waals surface area contributed by atoms with E-state index in [-0.39, 0.29) is 17.9 Å². The zero-order valence-electron chi connectivity index (χ0n) is 9.13. The third-order valence-electron chi connectivity index (χ3n) is 2.13. The molecule has 1 N–H and O–H groups in total. The summed E-state index contributed by atoms with van der Waals surface area (Å²) in [7, 11) is 0. The van der Waals surface area contributed by atoms with Crippen molar-refractivity contribution in [3.8, 4) is 0 Å². The van der Waals surface area contributed by atoms with Gasteiger partial charge in [0.1, 0.15) is 18.2 Å². The van der Waals surface area contributed by atoms with Crippen LogP contribution in [0.1, 0.15) is 12.5 Å². The van der Waals surface area contributed by atoms with Crippen molar-refractivity contribution < 1.29 is 22.7 Å². The lowest BCUT2D eigenvalue weighted by Crippen LogP contribution is -2.35. The summed E-state index contributed by atoms with van der Waals surface area (Å²) in [6, 6.07) is 0.974. The van der Waals surface area contributed by atoms with Gasteiger partial charge in [-0.25, -0.2) is 9.37 Å². The lowest BCUT2D eigenvalue weighted by Gasteiger charge is -2.25. The van der Waals surface area contributed by atoms with Crippen LogP contribution in [0.15, 0.2) is 12.3 Å². The highest BCUT2D eigenvalue weighted by atomic mass is 19.4. The van der Waals surface area contributed by atoms with E-state index >= 15 is 0 Å². The molecule has 96 valence electrons. The van der Waals surface area contributed by atoms with Crippen molar-refractivity contribution in [3.05, 3.63) is 23.6 Å². The lowest BCUT2D eigenvalue weighted by atomic mass is 10.2. The van der Waals surface area contributed by atoms with Gasteiger partial charge in [-0.1, -0.05) is 0 Å². The van der Waals surface area contributed by atoms with E-state index in [4.69, 9.17) is 5.11 Å². The number of hydrogen-bond acceptors (Lipinski definition) is 3. The minimum absolute atomic E-state index is 0.0381. The average molecular weight is 252 g/mol. The van der Waals surface area contributed by atoms with Crippen LogP contribution >= 0.6 is 0 Å². The molecule has 17 heavy (non-hydrogen) atoms. The third-order valence-corrected chi connectivity index (χ3v) is 2.13. The molecule has 0 aliphatic carbocycles. The van der Waals surface area contributed by atoms with Crippen LogP contribution in [-0.4, -0.2) is 29.4 Å². The summed E-state index contributed by atoms with van der Waals surface area (Å²) < 4.78 is 49.7. The summed E-state index contributed by atoms with van der Waals surface area (Å²) in [5.74, 6) is -0.741. The highest BCUT2D eigenvalue weighted by Crippen LogP contribution is 2.23. The number of aromatic nitrogens is 1. The van der Waals surface area contributed by atoms with Crippen molar-refractivity contribution >= 4 is 5.82 Å². The van der Waals surface area contributed by atoms with Crippen molar-refractivity contribution in [3.63, 3.8) is 0 Å². The van der Waals surface area contributed by atoms with Crippen LogP contribution in [0.5, 0.6) is 0 Å². The van der Waals surface area contributed by atoms with Crippen molar-refractivity contribution in [2.24, 2.45) is 0 Å². The molecular weight excluding hydrogens is 240 g/mol. The first-order chi connectivity index (χ1) is 7.87. The van der Waals surface area contributed by atoms with Crippen LogP contribution in [0.3, 0.4) is 0 Å². The second kappa shape index (κ2) is 5.31. The number of rotatable bonds is 4. The maximum absolute atomic E-state index is 12.8. The highest BCUT2D eigenvalue weighted by Gasteiger charge is 2.31. The predicted molar refractivity (Wildman–Crippen MR) is 54.1 cm³/mol. The summed E-state index contributed by atoms with van der Waals surface area (Å²) in [6.07, 6.45) is -3.55. The van der Waals surface area contributed by atoms with E-state index in [1.54, 1.807) is 0 Å². The van der Waals surface area contributed by atoms with Gasteiger partial charge in [-0.05, 0) is 13.0 Å². The fourth-order valence-electron chi connectivity index (χ4n) is 1.43. The number of aliphatic hydroxyl groups excluding tert-OH is 1. The molecule has 0 saturated carbocycles. The topological polar surface area (TPSA) is 36.4 Å². The SMILES string of the molecule is CCN(CC(F)(F)F)c1ncc(F)cc1CO. The number of halogens is 4. The first-order valence-electron chi connectivity index (χ1n) is 4.94. The molecule has 0 atom stereocenters. The maximum Gasteiger partial charge on any atom is 0.405 e. The van der Waals surface area contributed by atoms with Crippen LogP contribution < -0.4 is 4.90 Å². The van der Waals surface area contributed by atoms with Gasteiger partial charge in [-0.2, -0.15) is 13.2 Å². The van der Waals surface area contributed by atoms with Crippen molar-refractivity contribution in [2.75, 3.05) is 18.0 Å². The molecule has 0 aliphatic rings. The fraction of sp³-hybridized carbons (Fsp3) is 0.500. The normalized spacial score (nSPS) is 11.6. The van der Waals surface area contributed by atoms with Crippen LogP contribution in [-0.2, 0) is 6.61 Å². The Labute approximate surface area is 95.7 Å². The minimum Gasteiger partial charge on any atom is -0.392 e. The van der Waals surface area contributed by atoms with Crippen molar-refractivity contribution in [1.82, 2.24) is 4.98 Å². The number of aliphatic hydroxyl groups is 1. The van der Waals surface area contributed by atoms with E-state index in [0.29, 0.717) is 0 Å². The Bertz CT molecular complexity index is 381. The van der Waals surface area contributed by atoms with Crippen LogP contribution in [0.25, 0.3) is 0 Å². The summed E-state index contributed by atoms with van der Waals surface area (Å²) in [4.78, 5) is 4.53. The van der Waals surface area contributed by atoms with E-state index in [1.807, 2.05) is 0 Å². The molecule has 1 aromatic heterocycles. The summed E-state index contributed by atoms with van der Waals surface area (Å²) in [5.41, 5.74) is 0.0381. The zero-order valence-corrected chi connectivity index (χ0v) is 9.13. The number of anilines is 1. The van der Waals surface area contributed by atoms with Gasteiger partial charge in [0.25, 0.3) is 0 Å². The Morgan fingerprint density at radius 2 is 2.06 bits per heavy atom. The van der Waals surface area contributed by atoms with Crippen molar-refractivity contribution in [1.29, 1.82) is 0 Å². The van der Waals surface area contributed by atoms with E-state index in [1.165, 1.54) is 6.92 Å². The molecule has 0 amide bonds. The molecule has 0 unspecified atom stereocenters. The number of nitrogens with zero attached hydrogens (tertiary/aromatic N) is 2. The van der Waals surface area contributed by atoms with Gasteiger partial charge in [0.2, 0.25) is 0 Å². The van der Waals surface area contributed by atoms with Gasteiger partial charge in [0.05, 0.1) is 12.8 Å². The largest absolute Gasteiger partial charge is 0.405 e. The van der Waals surface area contributed by atoms with Gasteiger partial charge >= 0.3 is 6.18 Å². The maximum atomic E-state index is 12.8. The van der Waals surface area contributed by atoms with Gasteiger partial charge in [-0.3, -0.25) is 0 Å². The molecule has 0 saturated heterocycles. The van der Waals surface area contributed by atoms with Gasteiger partial charge in [0, 0.05) is 12.1 Å². The van der Waals surface area contributed by atoms with Crippen molar-refractivity contribution in [2.45, 2.75) is 19.7 Å². The summed E-state index contributed by atoms with van der Waals surface area (Å²) in [6.45, 7) is -0.160. The fourth-order valence-corrected chi connectivity index (χ4v) is 1.43. The Kier molecular flexibility index (Phi) is 4.28. The Morgan fingerprint density at radius 3 is 2.53 bits per heavy atom. The quantitative estimate of drug-likeness (QED) is 0.834. The number of pyridine rings is 1.